The third-order valence-corrected chi connectivity index (χ3v) is 3.58. The van der Waals surface area contributed by atoms with E-state index in [0.717, 1.165) is 0 Å². The van der Waals surface area contributed by atoms with E-state index in [1.54, 1.807) is 4.68 Å². The van der Waals surface area contributed by atoms with Gasteiger partial charge in [0.1, 0.15) is 0 Å². The van der Waals surface area contributed by atoms with Crippen LogP contribution in [0.1, 0.15) is 18.9 Å². The number of nitrogens with zero attached hydrogens (tertiary/aromatic N) is 5. The first kappa shape index (κ1) is 12.1. The topological polar surface area (TPSA) is 149 Å². The summed E-state index contributed by atoms with van der Waals surface area (Å²) in [7, 11) is 0. The zero-order valence-electron chi connectivity index (χ0n) is 10.1. The molecule has 0 spiro atoms. The van der Waals surface area contributed by atoms with Crippen molar-refractivity contribution in [1.82, 2.24) is 25.0 Å². The van der Waals surface area contributed by atoms with Gasteiger partial charge in [0.25, 0.3) is 0 Å². The Morgan fingerprint density at radius 2 is 2.05 bits per heavy atom. The Hall–Kier alpha value is -2.00. The van der Waals surface area contributed by atoms with Crippen LogP contribution in [0.25, 0.3) is 11.2 Å². The molecule has 0 amide bonds. The van der Waals surface area contributed by atoms with Gasteiger partial charge in [-0.1, -0.05) is 5.21 Å². The van der Waals surface area contributed by atoms with Crippen LogP contribution < -0.4 is 11.5 Å². The lowest BCUT2D eigenvalue weighted by Crippen LogP contribution is -2.16. The number of nitrogens with two attached hydrogens (primary N) is 2. The van der Waals surface area contributed by atoms with Crippen LogP contribution in [0, 0.1) is 5.92 Å². The molecule has 0 aliphatic heterocycles. The number of hydrogen-bond donors (Lipinski definition) is 4. The predicted octanol–water partition coefficient (Wildman–Crippen LogP) is -1.31. The van der Waals surface area contributed by atoms with E-state index < -0.39 is 6.10 Å². The number of aliphatic hydroxyl groups is 2. The summed E-state index contributed by atoms with van der Waals surface area (Å²) >= 11 is 0. The molecule has 3 rings (SSSR count). The lowest BCUT2D eigenvalue weighted by atomic mass is 10.1. The van der Waals surface area contributed by atoms with Crippen molar-refractivity contribution in [3.63, 3.8) is 0 Å². The highest BCUT2D eigenvalue weighted by Gasteiger charge is 2.35. The van der Waals surface area contributed by atoms with Crippen LogP contribution >= 0.6 is 0 Å². The van der Waals surface area contributed by atoms with Crippen LogP contribution in [-0.4, -0.2) is 47.9 Å². The first-order valence-corrected chi connectivity index (χ1v) is 6.03. The van der Waals surface area contributed by atoms with Crippen molar-refractivity contribution >= 4 is 22.9 Å². The molecule has 3 unspecified atom stereocenters. The fourth-order valence-corrected chi connectivity index (χ4v) is 2.58. The fourth-order valence-electron chi connectivity index (χ4n) is 2.58. The molecule has 102 valence electrons. The molecule has 0 saturated heterocycles. The SMILES string of the molecule is Nc1nc(N)c2nnn(C3CC(O)C(CO)C3)c2n1. The first-order valence-electron chi connectivity index (χ1n) is 6.03. The van der Waals surface area contributed by atoms with Crippen molar-refractivity contribution in [3.8, 4) is 0 Å². The van der Waals surface area contributed by atoms with Crippen molar-refractivity contribution in [2.75, 3.05) is 18.1 Å². The summed E-state index contributed by atoms with van der Waals surface area (Å²) in [5.74, 6) is 0.0950. The molecule has 1 aliphatic rings. The number of fused-ring (bicyclic) bond motifs is 1. The lowest BCUT2D eigenvalue weighted by Gasteiger charge is -2.10. The summed E-state index contributed by atoms with van der Waals surface area (Å²) < 4.78 is 1.60. The molecule has 1 fully saturated rings. The molecule has 0 radical (unpaired) electrons. The molecule has 3 atom stereocenters. The van der Waals surface area contributed by atoms with Gasteiger partial charge in [-0.15, -0.1) is 5.10 Å². The second kappa shape index (κ2) is 4.28. The average Bonchev–Trinajstić information content (AvgIpc) is 2.92. The Balaban J connectivity index is 2.02. The van der Waals surface area contributed by atoms with Gasteiger partial charge < -0.3 is 21.7 Å². The Bertz CT molecular complexity index is 613. The summed E-state index contributed by atoms with van der Waals surface area (Å²) in [6.45, 7) is -0.0520. The van der Waals surface area contributed by atoms with Crippen LogP contribution in [0.5, 0.6) is 0 Å². The van der Waals surface area contributed by atoms with Crippen molar-refractivity contribution in [1.29, 1.82) is 0 Å². The maximum atomic E-state index is 9.84. The second-order valence-corrected chi connectivity index (χ2v) is 4.81. The Kier molecular flexibility index (Phi) is 2.72. The lowest BCUT2D eigenvalue weighted by molar-refractivity contribution is 0.0906. The monoisotopic (exact) mass is 265 g/mol. The highest BCUT2D eigenvalue weighted by atomic mass is 16.3. The van der Waals surface area contributed by atoms with Crippen LogP contribution in [0.15, 0.2) is 0 Å². The van der Waals surface area contributed by atoms with Crippen molar-refractivity contribution in [2.24, 2.45) is 5.92 Å². The van der Waals surface area contributed by atoms with Gasteiger partial charge in [0, 0.05) is 12.5 Å². The van der Waals surface area contributed by atoms with E-state index in [0.29, 0.717) is 24.0 Å². The standard InChI is InChI=1S/C10H15N7O2/c11-8-7-9(14-10(12)13-8)17(16-15-7)5-1-4(3-18)6(19)2-5/h4-6,18-19H,1-3H2,(H4,11,12,13,14). The molecular weight excluding hydrogens is 250 g/mol. The molecule has 1 saturated carbocycles. The van der Waals surface area contributed by atoms with Gasteiger partial charge in [-0.25, -0.2) is 4.68 Å². The van der Waals surface area contributed by atoms with Gasteiger partial charge in [-0.2, -0.15) is 9.97 Å². The molecule has 0 bridgehead atoms. The van der Waals surface area contributed by atoms with E-state index in [9.17, 15) is 10.2 Å². The summed E-state index contributed by atoms with van der Waals surface area (Å²) in [5, 5.41) is 27.0. The number of nitrogen functional groups attached to an aromatic ring is 2. The van der Waals surface area contributed by atoms with E-state index in [1.165, 1.54) is 0 Å². The zero-order chi connectivity index (χ0) is 13.6. The number of aromatic nitrogens is 5. The van der Waals surface area contributed by atoms with Crippen molar-refractivity contribution in [3.05, 3.63) is 0 Å². The average molecular weight is 265 g/mol. The smallest absolute Gasteiger partial charge is 0.224 e. The Morgan fingerprint density at radius 1 is 1.26 bits per heavy atom. The molecule has 19 heavy (non-hydrogen) atoms. The Labute approximate surface area is 108 Å². The highest BCUT2D eigenvalue weighted by Crippen LogP contribution is 2.35. The van der Waals surface area contributed by atoms with Gasteiger partial charge in [-0.3, -0.25) is 0 Å². The predicted molar refractivity (Wildman–Crippen MR) is 66.8 cm³/mol. The second-order valence-electron chi connectivity index (χ2n) is 4.81. The third kappa shape index (κ3) is 1.87. The molecular formula is C10H15N7O2. The van der Waals surface area contributed by atoms with Crippen LogP contribution in [0.3, 0.4) is 0 Å². The maximum Gasteiger partial charge on any atom is 0.224 e. The number of hydrogen-bond acceptors (Lipinski definition) is 8. The van der Waals surface area contributed by atoms with Gasteiger partial charge in [-0.05, 0) is 12.8 Å². The van der Waals surface area contributed by atoms with E-state index in [4.69, 9.17) is 11.5 Å². The minimum absolute atomic E-state index is 0.0520. The van der Waals surface area contributed by atoms with Crippen molar-refractivity contribution < 1.29 is 10.2 Å². The summed E-state index contributed by atoms with van der Waals surface area (Å²) in [6, 6.07) is -0.0779. The first-order chi connectivity index (χ1) is 9.10. The van der Waals surface area contributed by atoms with Gasteiger partial charge in [0.2, 0.25) is 5.95 Å². The summed E-state index contributed by atoms with van der Waals surface area (Å²) in [6.07, 6.45) is 0.554. The molecule has 9 heteroatoms. The number of aliphatic hydroxyl groups excluding tert-OH is 2. The van der Waals surface area contributed by atoms with Crippen LogP contribution in [0.2, 0.25) is 0 Å². The number of rotatable bonds is 2. The minimum atomic E-state index is -0.550. The molecule has 9 nitrogen and oxygen atoms in total. The molecule has 2 aromatic heterocycles. The van der Waals surface area contributed by atoms with Crippen molar-refractivity contribution in [2.45, 2.75) is 25.0 Å². The quantitative estimate of drug-likeness (QED) is 0.523. The van der Waals surface area contributed by atoms with E-state index in [1.807, 2.05) is 0 Å². The van der Waals surface area contributed by atoms with E-state index >= 15 is 0 Å². The van der Waals surface area contributed by atoms with Gasteiger partial charge >= 0.3 is 0 Å². The van der Waals surface area contributed by atoms with E-state index in [-0.39, 0.29) is 30.3 Å². The minimum Gasteiger partial charge on any atom is -0.396 e. The summed E-state index contributed by atoms with van der Waals surface area (Å²) in [4.78, 5) is 7.92. The zero-order valence-corrected chi connectivity index (χ0v) is 10.1. The maximum absolute atomic E-state index is 9.84. The fraction of sp³-hybridized carbons (Fsp3) is 0.600. The third-order valence-electron chi connectivity index (χ3n) is 3.58. The number of anilines is 2. The normalized spacial score (nSPS) is 27.2. The Morgan fingerprint density at radius 3 is 2.74 bits per heavy atom. The molecule has 6 N–H and O–H groups in total. The van der Waals surface area contributed by atoms with Crippen LogP contribution in [0.4, 0.5) is 11.8 Å². The van der Waals surface area contributed by atoms with Gasteiger partial charge in [0.15, 0.2) is 17.0 Å². The van der Waals surface area contributed by atoms with Gasteiger partial charge in [0.05, 0.1) is 12.1 Å². The molecule has 2 aromatic rings. The molecule has 0 aromatic carbocycles. The van der Waals surface area contributed by atoms with Crippen LogP contribution in [-0.2, 0) is 0 Å². The largest absolute Gasteiger partial charge is 0.396 e. The summed E-state index contributed by atoms with van der Waals surface area (Å²) in [5.41, 5.74) is 12.1. The molecule has 2 heterocycles. The van der Waals surface area contributed by atoms with E-state index in [2.05, 4.69) is 20.3 Å². The highest BCUT2D eigenvalue weighted by molar-refractivity contribution is 5.81. The molecule has 1 aliphatic carbocycles.